The van der Waals surface area contributed by atoms with Crippen molar-refractivity contribution in [1.29, 1.82) is 0 Å². The molecule has 0 bridgehead atoms. The Balaban J connectivity index is 0.00000220. The van der Waals surface area contributed by atoms with Crippen LogP contribution in [-0.4, -0.2) is 38.8 Å². The van der Waals surface area contributed by atoms with Crippen LogP contribution in [0.4, 0.5) is 0 Å². The predicted octanol–water partition coefficient (Wildman–Crippen LogP) is 3.12. The maximum Gasteiger partial charge on any atom is 0.191 e. The molecule has 2 rings (SSSR count). The molecule has 1 fully saturated rings. The minimum Gasteiger partial charge on any atom is -0.380 e. The second kappa shape index (κ2) is 9.63. The highest BCUT2D eigenvalue weighted by Crippen LogP contribution is 2.40. The molecule has 4 nitrogen and oxygen atoms in total. The van der Waals surface area contributed by atoms with Crippen LogP contribution < -0.4 is 10.6 Å². The highest BCUT2D eigenvalue weighted by Gasteiger charge is 2.38. The summed E-state index contributed by atoms with van der Waals surface area (Å²) in [5, 5.41) is 6.72. The topological polar surface area (TPSA) is 45.6 Å². The van der Waals surface area contributed by atoms with Crippen LogP contribution in [0.5, 0.6) is 0 Å². The van der Waals surface area contributed by atoms with E-state index in [1.165, 1.54) is 5.56 Å². The van der Waals surface area contributed by atoms with E-state index < -0.39 is 0 Å². The lowest BCUT2D eigenvalue weighted by atomic mass is 10.1. The van der Waals surface area contributed by atoms with Gasteiger partial charge in [-0.2, -0.15) is 0 Å². The quantitative estimate of drug-likeness (QED) is 0.292. The summed E-state index contributed by atoms with van der Waals surface area (Å²) in [6.07, 6.45) is 1.16. The standard InChI is InChI=1S/C15H22BrN3O.HI/c1-3-20-9-8-18-15(17-2)19-14-10-13(14)11-4-6-12(16)7-5-11;/h4-7,13-14H,3,8-10H2,1-2H3,(H2,17,18,19);1H. The van der Waals surface area contributed by atoms with Crippen molar-refractivity contribution in [3.63, 3.8) is 0 Å². The first-order valence-electron chi connectivity index (χ1n) is 7.05. The van der Waals surface area contributed by atoms with Crippen molar-refractivity contribution < 1.29 is 4.74 Å². The van der Waals surface area contributed by atoms with Crippen LogP contribution in [-0.2, 0) is 4.74 Å². The van der Waals surface area contributed by atoms with Gasteiger partial charge in [-0.15, -0.1) is 24.0 Å². The average molecular weight is 468 g/mol. The summed E-state index contributed by atoms with van der Waals surface area (Å²) in [5.74, 6) is 1.45. The molecule has 21 heavy (non-hydrogen) atoms. The number of halogens is 2. The first kappa shape index (κ1) is 18.7. The Hall–Kier alpha value is -0.340. The van der Waals surface area contributed by atoms with E-state index in [2.05, 4.69) is 55.8 Å². The molecule has 0 heterocycles. The van der Waals surface area contributed by atoms with Crippen molar-refractivity contribution >= 4 is 45.9 Å². The second-order valence-electron chi connectivity index (χ2n) is 4.84. The molecular weight excluding hydrogens is 445 g/mol. The zero-order chi connectivity index (χ0) is 14.4. The largest absolute Gasteiger partial charge is 0.380 e. The van der Waals surface area contributed by atoms with E-state index in [9.17, 15) is 0 Å². The number of ether oxygens (including phenoxy) is 1. The number of rotatable bonds is 6. The van der Waals surface area contributed by atoms with Crippen molar-refractivity contribution in [2.24, 2.45) is 4.99 Å². The van der Waals surface area contributed by atoms with Crippen LogP contribution in [0.15, 0.2) is 33.7 Å². The number of hydrogen-bond donors (Lipinski definition) is 2. The van der Waals surface area contributed by atoms with Gasteiger partial charge in [-0.05, 0) is 31.0 Å². The Kier molecular flexibility index (Phi) is 8.58. The van der Waals surface area contributed by atoms with Gasteiger partial charge in [0, 0.05) is 36.6 Å². The zero-order valence-electron chi connectivity index (χ0n) is 12.4. The number of guanidine groups is 1. The van der Waals surface area contributed by atoms with Gasteiger partial charge in [0.05, 0.1) is 6.61 Å². The molecule has 1 aliphatic carbocycles. The molecule has 0 spiro atoms. The molecule has 1 aromatic rings. The molecule has 0 amide bonds. The molecular formula is C15H23BrIN3O. The van der Waals surface area contributed by atoms with E-state index in [-0.39, 0.29) is 24.0 Å². The van der Waals surface area contributed by atoms with Gasteiger partial charge in [-0.25, -0.2) is 0 Å². The minimum atomic E-state index is 0. The Morgan fingerprint density at radius 3 is 2.71 bits per heavy atom. The molecule has 0 aromatic heterocycles. The molecule has 2 unspecified atom stereocenters. The van der Waals surface area contributed by atoms with Gasteiger partial charge in [0.15, 0.2) is 5.96 Å². The van der Waals surface area contributed by atoms with Crippen LogP contribution in [0.25, 0.3) is 0 Å². The fourth-order valence-electron chi connectivity index (χ4n) is 2.19. The van der Waals surface area contributed by atoms with Crippen molar-refractivity contribution in [2.75, 3.05) is 26.8 Å². The third-order valence-corrected chi connectivity index (χ3v) is 3.91. The van der Waals surface area contributed by atoms with Gasteiger partial charge in [0.25, 0.3) is 0 Å². The SMILES string of the molecule is CCOCCNC(=NC)NC1CC1c1ccc(Br)cc1.I. The van der Waals surface area contributed by atoms with Crippen LogP contribution in [0.2, 0.25) is 0 Å². The summed E-state index contributed by atoms with van der Waals surface area (Å²) in [6, 6.07) is 9.04. The minimum absolute atomic E-state index is 0. The van der Waals surface area contributed by atoms with E-state index in [0.717, 1.165) is 30.0 Å². The van der Waals surface area contributed by atoms with E-state index in [0.29, 0.717) is 18.6 Å². The first-order valence-corrected chi connectivity index (χ1v) is 7.84. The van der Waals surface area contributed by atoms with E-state index in [1.807, 2.05) is 6.92 Å². The Morgan fingerprint density at radius 1 is 1.38 bits per heavy atom. The smallest absolute Gasteiger partial charge is 0.191 e. The summed E-state index contributed by atoms with van der Waals surface area (Å²) in [6.45, 7) is 4.24. The lowest BCUT2D eigenvalue weighted by Gasteiger charge is -2.11. The van der Waals surface area contributed by atoms with Crippen molar-refractivity contribution in [3.8, 4) is 0 Å². The zero-order valence-corrected chi connectivity index (χ0v) is 16.4. The first-order chi connectivity index (χ1) is 9.74. The van der Waals surface area contributed by atoms with Gasteiger partial charge >= 0.3 is 0 Å². The fourth-order valence-corrected chi connectivity index (χ4v) is 2.45. The van der Waals surface area contributed by atoms with Crippen LogP contribution in [0.3, 0.4) is 0 Å². The third kappa shape index (κ3) is 6.12. The normalized spacial score (nSPS) is 20.6. The molecule has 0 radical (unpaired) electrons. The Bertz CT molecular complexity index is 453. The van der Waals surface area contributed by atoms with Crippen molar-refractivity contribution in [3.05, 3.63) is 34.3 Å². The molecule has 1 aliphatic rings. The van der Waals surface area contributed by atoms with Crippen molar-refractivity contribution in [1.82, 2.24) is 10.6 Å². The second-order valence-corrected chi connectivity index (χ2v) is 5.76. The lowest BCUT2D eigenvalue weighted by molar-refractivity contribution is 0.152. The molecule has 6 heteroatoms. The summed E-state index contributed by atoms with van der Waals surface area (Å²) in [7, 11) is 1.80. The third-order valence-electron chi connectivity index (χ3n) is 3.38. The van der Waals surface area contributed by atoms with E-state index >= 15 is 0 Å². The molecule has 0 aliphatic heterocycles. The maximum atomic E-state index is 5.30. The Morgan fingerprint density at radius 2 is 2.10 bits per heavy atom. The molecule has 1 aromatic carbocycles. The molecule has 118 valence electrons. The van der Waals surface area contributed by atoms with Crippen molar-refractivity contribution in [2.45, 2.75) is 25.3 Å². The average Bonchev–Trinajstić information content (AvgIpc) is 3.22. The number of aliphatic imine (C=N–C) groups is 1. The van der Waals surface area contributed by atoms with Gasteiger partial charge in [0.1, 0.15) is 0 Å². The highest BCUT2D eigenvalue weighted by molar-refractivity contribution is 14.0. The molecule has 2 N–H and O–H groups in total. The summed E-state index contributed by atoms with van der Waals surface area (Å²) in [4.78, 5) is 4.24. The molecule has 1 saturated carbocycles. The van der Waals surface area contributed by atoms with Crippen LogP contribution in [0, 0.1) is 0 Å². The van der Waals surface area contributed by atoms with Crippen LogP contribution >= 0.6 is 39.9 Å². The summed E-state index contributed by atoms with van der Waals surface area (Å²) in [5.41, 5.74) is 1.38. The summed E-state index contributed by atoms with van der Waals surface area (Å²) < 4.78 is 6.43. The molecule has 2 atom stereocenters. The Labute approximate surface area is 152 Å². The number of nitrogens with one attached hydrogen (secondary N) is 2. The van der Waals surface area contributed by atoms with Gasteiger partial charge in [0.2, 0.25) is 0 Å². The van der Waals surface area contributed by atoms with E-state index in [4.69, 9.17) is 4.74 Å². The van der Waals surface area contributed by atoms with Gasteiger partial charge in [-0.1, -0.05) is 28.1 Å². The summed E-state index contributed by atoms with van der Waals surface area (Å²) >= 11 is 3.47. The number of nitrogens with zero attached hydrogens (tertiary/aromatic N) is 1. The van der Waals surface area contributed by atoms with Crippen LogP contribution in [0.1, 0.15) is 24.8 Å². The molecule has 0 saturated heterocycles. The number of benzene rings is 1. The van der Waals surface area contributed by atoms with E-state index in [1.54, 1.807) is 7.05 Å². The van der Waals surface area contributed by atoms with Gasteiger partial charge < -0.3 is 15.4 Å². The fraction of sp³-hybridized carbons (Fsp3) is 0.533. The van der Waals surface area contributed by atoms with Gasteiger partial charge in [-0.3, -0.25) is 4.99 Å². The predicted molar refractivity (Wildman–Crippen MR) is 102 cm³/mol. The highest BCUT2D eigenvalue weighted by atomic mass is 127. The lowest BCUT2D eigenvalue weighted by Crippen LogP contribution is -2.40. The monoisotopic (exact) mass is 467 g/mol. The maximum absolute atomic E-state index is 5.30. The number of hydrogen-bond acceptors (Lipinski definition) is 2.